The summed E-state index contributed by atoms with van der Waals surface area (Å²) in [5, 5.41) is 0. The second-order valence-corrected chi connectivity index (χ2v) is 5.26. The van der Waals surface area contributed by atoms with Crippen LogP contribution in [0.25, 0.3) is 5.57 Å². The van der Waals surface area contributed by atoms with Crippen molar-refractivity contribution in [2.75, 3.05) is 0 Å². The molecule has 1 aromatic carbocycles. The van der Waals surface area contributed by atoms with E-state index in [1.807, 2.05) is 0 Å². The lowest BCUT2D eigenvalue weighted by atomic mass is 9.80. The predicted molar refractivity (Wildman–Crippen MR) is 64.2 cm³/mol. The molecule has 1 aliphatic heterocycles. The molecule has 0 bridgehead atoms. The molecular formula is C15H14O2. The van der Waals surface area contributed by atoms with Crippen LogP contribution in [0.3, 0.4) is 0 Å². The van der Waals surface area contributed by atoms with Gasteiger partial charge < -0.3 is 4.74 Å². The van der Waals surface area contributed by atoms with Crippen molar-refractivity contribution < 1.29 is 9.53 Å². The molecule has 0 saturated carbocycles. The largest absolute Gasteiger partial charge is 0.457 e. The SMILES string of the molecule is Cc1cccc2c1[C@H]1OC(=O)[C@H]3CCC=C2[C@@H]31. The first-order valence-electron chi connectivity index (χ1n) is 6.28. The van der Waals surface area contributed by atoms with Gasteiger partial charge in [0.25, 0.3) is 0 Å². The van der Waals surface area contributed by atoms with E-state index >= 15 is 0 Å². The Morgan fingerprint density at radius 2 is 2.24 bits per heavy atom. The Morgan fingerprint density at radius 3 is 3.12 bits per heavy atom. The van der Waals surface area contributed by atoms with Gasteiger partial charge in [0.15, 0.2) is 0 Å². The first-order valence-corrected chi connectivity index (χ1v) is 6.28. The average molecular weight is 226 g/mol. The third-order valence-corrected chi connectivity index (χ3v) is 4.43. The van der Waals surface area contributed by atoms with Crippen molar-refractivity contribution in [2.24, 2.45) is 11.8 Å². The van der Waals surface area contributed by atoms with E-state index in [1.165, 1.54) is 22.3 Å². The smallest absolute Gasteiger partial charge is 0.310 e. The van der Waals surface area contributed by atoms with Gasteiger partial charge in [-0.25, -0.2) is 0 Å². The summed E-state index contributed by atoms with van der Waals surface area (Å²) in [5.41, 5.74) is 5.17. The normalized spacial score (nSPS) is 32.9. The third kappa shape index (κ3) is 1.03. The minimum Gasteiger partial charge on any atom is -0.457 e. The average Bonchev–Trinajstić information content (AvgIpc) is 2.82. The van der Waals surface area contributed by atoms with Crippen LogP contribution < -0.4 is 0 Å². The van der Waals surface area contributed by atoms with Crippen molar-refractivity contribution in [3.63, 3.8) is 0 Å². The van der Waals surface area contributed by atoms with E-state index < -0.39 is 0 Å². The van der Waals surface area contributed by atoms with Gasteiger partial charge in [-0.15, -0.1) is 0 Å². The third-order valence-electron chi connectivity index (χ3n) is 4.43. The Hall–Kier alpha value is -1.57. The van der Waals surface area contributed by atoms with Crippen LogP contribution in [0, 0.1) is 18.8 Å². The van der Waals surface area contributed by atoms with Crippen molar-refractivity contribution in [1.82, 2.24) is 0 Å². The van der Waals surface area contributed by atoms with E-state index in [9.17, 15) is 4.79 Å². The van der Waals surface area contributed by atoms with Crippen molar-refractivity contribution >= 4 is 11.5 Å². The molecule has 0 amide bonds. The topological polar surface area (TPSA) is 26.3 Å². The maximum Gasteiger partial charge on any atom is 0.310 e. The summed E-state index contributed by atoms with van der Waals surface area (Å²) in [4.78, 5) is 11.9. The van der Waals surface area contributed by atoms with E-state index in [2.05, 4.69) is 31.2 Å². The van der Waals surface area contributed by atoms with E-state index in [4.69, 9.17) is 4.74 Å². The molecule has 2 aliphatic carbocycles. The molecule has 3 aliphatic rings. The summed E-state index contributed by atoms with van der Waals surface area (Å²) in [6.45, 7) is 2.11. The molecule has 0 aromatic heterocycles. The zero-order valence-corrected chi connectivity index (χ0v) is 9.77. The number of fused-ring (bicyclic) bond motifs is 3. The molecular weight excluding hydrogens is 212 g/mol. The van der Waals surface area contributed by atoms with Crippen LogP contribution in [0.5, 0.6) is 0 Å². The first-order chi connectivity index (χ1) is 8.27. The first kappa shape index (κ1) is 9.46. The quantitative estimate of drug-likeness (QED) is 0.636. The predicted octanol–water partition coefficient (Wildman–Crippen LogP) is 3.02. The van der Waals surface area contributed by atoms with Crippen LogP contribution in [0.1, 0.15) is 35.6 Å². The summed E-state index contributed by atoms with van der Waals surface area (Å²) in [6, 6.07) is 6.38. The molecule has 0 N–H and O–H groups in total. The lowest BCUT2D eigenvalue weighted by Crippen LogP contribution is -2.18. The number of aryl methyl sites for hydroxylation is 1. The molecule has 0 unspecified atom stereocenters. The Kier molecular flexibility index (Phi) is 1.67. The zero-order valence-electron chi connectivity index (χ0n) is 9.77. The summed E-state index contributed by atoms with van der Waals surface area (Å²) >= 11 is 0. The number of carbonyl (C=O) groups is 1. The molecule has 4 rings (SSSR count). The van der Waals surface area contributed by atoms with Crippen LogP contribution in [0.15, 0.2) is 24.3 Å². The fourth-order valence-corrected chi connectivity index (χ4v) is 3.71. The number of rotatable bonds is 0. The van der Waals surface area contributed by atoms with Crippen molar-refractivity contribution in [1.29, 1.82) is 0 Å². The molecule has 2 nitrogen and oxygen atoms in total. The van der Waals surface area contributed by atoms with Crippen molar-refractivity contribution in [3.8, 4) is 0 Å². The second kappa shape index (κ2) is 3.00. The van der Waals surface area contributed by atoms with Gasteiger partial charge in [0.2, 0.25) is 0 Å². The van der Waals surface area contributed by atoms with Crippen LogP contribution in [0.2, 0.25) is 0 Å². The fraction of sp³-hybridized carbons (Fsp3) is 0.400. The molecule has 17 heavy (non-hydrogen) atoms. The van der Waals surface area contributed by atoms with Crippen LogP contribution in [-0.4, -0.2) is 5.97 Å². The maximum atomic E-state index is 11.9. The van der Waals surface area contributed by atoms with E-state index in [0.29, 0.717) is 5.92 Å². The van der Waals surface area contributed by atoms with E-state index in [1.54, 1.807) is 0 Å². The number of esters is 1. The van der Waals surface area contributed by atoms with Gasteiger partial charge in [0.1, 0.15) is 6.10 Å². The highest BCUT2D eigenvalue weighted by atomic mass is 16.6. The molecule has 1 saturated heterocycles. The molecule has 3 atom stereocenters. The highest BCUT2D eigenvalue weighted by Crippen LogP contribution is 2.57. The fourth-order valence-electron chi connectivity index (χ4n) is 3.71. The Bertz CT molecular complexity index is 556. The van der Waals surface area contributed by atoms with Crippen LogP contribution >= 0.6 is 0 Å². The van der Waals surface area contributed by atoms with Crippen LogP contribution in [-0.2, 0) is 9.53 Å². The maximum absolute atomic E-state index is 11.9. The van der Waals surface area contributed by atoms with Gasteiger partial charge in [-0.2, -0.15) is 0 Å². The lowest BCUT2D eigenvalue weighted by Gasteiger charge is -2.20. The lowest BCUT2D eigenvalue weighted by molar-refractivity contribution is -0.144. The standard InChI is InChI=1S/C15H14O2/c1-8-4-2-5-9-10-6-3-7-11-13(10)14(12(8)9)17-15(11)16/h2,4-6,11,13-14H,3,7H2,1H3/t11-,13-,14+/m0/s1. The van der Waals surface area contributed by atoms with Gasteiger partial charge in [-0.3, -0.25) is 4.79 Å². The summed E-state index contributed by atoms with van der Waals surface area (Å²) in [6.07, 6.45) is 4.26. The molecule has 1 fully saturated rings. The Balaban J connectivity index is 2.00. The summed E-state index contributed by atoms with van der Waals surface area (Å²) < 4.78 is 5.63. The van der Waals surface area contributed by atoms with Gasteiger partial charge in [-0.1, -0.05) is 24.3 Å². The monoisotopic (exact) mass is 226 g/mol. The molecule has 86 valence electrons. The molecule has 1 aromatic rings. The number of allylic oxidation sites excluding steroid dienone is 1. The van der Waals surface area contributed by atoms with Gasteiger partial charge in [0, 0.05) is 11.5 Å². The number of ether oxygens (including phenoxy) is 1. The van der Waals surface area contributed by atoms with Crippen LogP contribution in [0.4, 0.5) is 0 Å². The molecule has 0 radical (unpaired) electrons. The molecule has 2 heteroatoms. The molecule has 1 heterocycles. The van der Waals surface area contributed by atoms with Crippen molar-refractivity contribution in [3.05, 3.63) is 41.0 Å². The van der Waals surface area contributed by atoms with E-state index in [-0.39, 0.29) is 18.0 Å². The second-order valence-electron chi connectivity index (χ2n) is 5.26. The highest BCUT2D eigenvalue weighted by molar-refractivity contribution is 5.87. The number of hydrogen-bond donors (Lipinski definition) is 0. The summed E-state index contributed by atoms with van der Waals surface area (Å²) in [5.74, 6) is 0.415. The van der Waals surface area contributed by atoms with Gasteiger partial charge in [0.05, 0.1) is 5.92 Å². The summed E-state index contributed by atoms with van der Waals surface area (Å²) in [7, 11) is 0. The minimum atomic E-state index is -0.00440. The number of carbonyl (C=O) groups excluding carboxylic acids is 1. The Morgan fingerprint density at radius 1 is 1.35 bits per heavy atom. The Labute approximate surface area is 100 Å². The van der Waals surface area contributed by atoms with E-state index in [0.717, 1.165) is 12.8 Å². The van der Waals surface area contributed by atoms with Gasteiger partial charge >= 0.3 is 5.97 Å². The molecule has 0 spiro atoms. The zero-order chi connectivity index (χ0) is 11.6. The number of benzene rings is 1. The minimum absolute atomic E-state index is 0.00440. The van der Waals surface area contributed by atoms with Crippen molar-refractivity contribution in [2.45, 2.75) is 25.9 Å². The highest BCUT2D eigenvalue weighted by Gasteiger charge is 2.53. The number of hydrogen-bond acceptors (Lipinski definition) is 2. The van der Waals surface area contributed by atoms with Gasteiger partial charge in [-0.05, 0) is 36.5 Å².